The monoisotopic (exact) mass is 1580 g/mol. The lowest BCUT2D eigenvalue weighted by Crippen LogP contribution is -2.16. The van der Waals surface area contributed by atoms with E-state index in [0.29, 0.717) is 0 Å². The molecule has 0 bridgehead atoms. The SMILES string of the molecule is CC1(C)c2ccccc2-c2cccc(-c3ccc(N(c4ccc(-c5cccc6cc(-c7ccc(-c8ccc(N(c9ccc(-c%10ccc%11ccccc%11c%10)cc9)c9cccc(-c%10ccccc%10)c9-c9ccccc9-c9ccccc9)cc8)c8c7-c7ccccc7C8(C)C)ccc56)cc4)c4cccc(-c5ccccc5)c4-c4ccccc4-c4ccccc4)cc3)c21. The normalized spacial score (nSPS) is 12.6. The van der Waals surface area contributed by atoms with E-state index < -0.39 is 0 Å². The molecule has 0 heterocycles. The van der Waals surface area contributed by atoms with Gasteiger partial charge >= 0.3 is 0 Å². The van der Waals surface area contributed by atoms with Gasteiger partial charge in [-0.15, -0.1) is 0 Å². The molecule has 20 aromatic rings. The van der Waals surface area contributed by atoms with E-state index in [9.17, 15) is 0 Å². The Morgan fingerprint density at radius 2 is 0.476 bits per heavy atom. The van der Waals surface area contributed by atoms with Crippen LogP contribution in [-0.4, -0.2) is 0 Å². The van der Waals surface area contributed by atoms with Gasteiger partial charge in [-0.3, -0.25) is 0 Å². The lowest BCUT2D eigenvalue weighted by Gasteiger charge is -2.30. The van der Waals surface area contributed by atoms with Crippen LogP contribution in [0.5, 0.6) is 0 Å². The van der Waals surface area contributed by atoms with Crippen LogP contribution >= 0.6 is 0 Å². The minimum absolute atomic E-state index is 0.167. The number of hydrogen-bond donors (Lipinski definition) is 0. The van der Waals surface area contributed by atoms with Crippen LogP contribution in [0.4, 0.5) is 34.1 Å². The van der Waals surface area contributed by atoms with Gasteiger partial charge in [-0.2, -0.15) is 0 Å². The molecule has 0 amide bonds. The molecule has 0 radical (unpaired) electrons. The van der Waals surface area contributed by atoms with Crippen molar-refractivity contribution < 1.29 is 0 Å². The van der Waals surface area contributed by atoms with Gasteiger partial charge in [-0.25, -0.2) is 0 Å². The zero-order valence-electron chi connectivity index (χ0n) is 69.8. The number of fused-ring (bicyclic) bond motifs is 8. The van der Waals surface area contributed by atoms with Gasteiger partial charge in [0.2, 0.25) is 0 Å². The van der Waals surface area contributed by atoms with Gasteiger partial charge in [0.15, 0.2) is 0 Å². The molecule has 0 fully saturated rings. The number of hydrogen-bond acceptors (Lipinski definition) is 2. The third-order valence-corrected chi connectivity index (χ3v) is 26.3. The van der Waals surface area contributed by atoms with Crippen molar-refractivity contribution in [3.05, 3.63) is 483 Å². The van der Waals surface area contributed by atoms with Crippen LogP contribution in [0, 0.1) is 0 Å². The van der Waals surface area contributed by atoms with E-state index in [4.69, 9.17) is 0 Å². The van der Waals surface area contributed by atoms with Crippen LogP contribution < -0.4 is 9.80 Å². The van der Waals surface area contributed by atoms with E-state index in [2.05, 4.69) is 499 Å². The van der Waals surface area contributed by atoms with Crippen LogP contribution in [0.3, 0.4) is 0 Å². The Balaban J connectivity index is 0.645. The van der Waals surface area contributed by atoms with Gasteiger partial charge in [0.25, 0.3) is 0 Å². The van der Waals surface area contributed by atoms with Gasteiger partial charge in [0.1, 0.15) is 0 Å². The van der Waals surface area contributed by atoms with Gasteiger partial charge in [-0.1, -0.05) is 416 Å². The van der Waals surface area contributed by atoms with Crippen molar-refractivity contribution in [1.29, 1.82) is 0 Å². The fraction of sp³-hybridized carbons (Fsp3) is 0.0492. The summed E-state index contributed by atoms with van der Waals surface area (Å²) in [4.78, 5) is 4.96. The average Bonchev–Trinajstić information content (AvgIpc) is 1.55. The van der Waals surface area contributed by atoms with Crippen molar-refractivity contribution in [2.75, 3.05) is 9.80 Å². The molecule has 0 atom stereocenters. The Hall–Kier alpha value is -15.5. The molecule has 0 aromatic heterocycles. The number of nitrogens with zero attached hydrogens (tertiary/aromatic N) is 2. The first-order valence-corrected chi connectivity index (χ1v) is 43.3. The molecule has 2 nitrogen and oxygen atoms in total. The molecule has 20 aromatic carbocycles. The van der Waals surface area contributed by atoms with Crippen molar-refractivity contribution in [2.24, 2.45) is 0 Å². The second-order valence-corrected chi connectivity index (χ2v) is 34.1. The second kappa shape index (κ2) is 31.0. The zero-order chi connectivity index (χ0) is 83.0. The van der Waals surface area contributed by atoms with Gasteiger partial charge in [0.05, 0.1) is 11.4 Å². The minimum Gasteiger partial charge on any atom is -0.310 e. The van der Waals surface area contributed by atoms with Gasteiger partial charge < -0.3 is 9.80 Å². The van der Waals surface area contributed by atoms with E-state index in [1.165, 1.54) is 133 Å². The molecule has 0 spiro atoms. The van der Waals surface area contributed by atoms with E-state index in [1.54, 1.807) is 0 Å². The summed E-state index contributed by atoms with van der Waals surface area (Å²) >= 11 is 0. The van der Waals surface area contributed by atoms with E-state index in [1.807, 2.05) is 0 Å². The first-order chi connectivity index (χ1) is 61.1. The fourth-order valence-corrected chi connectivity index (χ4v) is 20.5. The maximum absolute atomic E-state index is 2.48. The molecule has 2 heteroatoms. The van der Waals surface area contributed by atoms with E-state index >= 15 is 0 Å². The summed E-state index contributed by atoms with van der Waals surface area (Å²) in [5.41, 5.74) is 42.4. The van der Waals surface area contributed by atoms with Crippen LogP contribution in [0.1, 0.15) is 49.9 Å². The second-order valence-electron chi connectivity index (χ2n) is 34.1. The van der Waals surface area contributed by atoms with Gasteiger partial charge in [-0.05, 0) is 250 Å². The summed E-state index contributed by atoms with van der Waals surface area (Å²) in [6, 6.07) is 171. The van der Waals surface area contributed by atoms with Crippen molar-refractivity contribution in [3.8, 4) is 145 Å². The summed E-state index contributed by atoms with van der Waals surface area (Å²) in [5.74, 6) is 0. The molecule has 0 N–H and O–H groups in total. The summed E-state index contributed by atoms with van der Waals surface area (Å²) in [6.45, 7) is 9.61. The molecule has 0 saturated carbocycles. The van der Waals surface area contributed by atoms with Crippen LogP contribution in [0.2, 0.25) is 0 Å². The first kappa shape index (κ1) is 74.8. The molecular weight excluding hydrogens is 1490 g/mol. The Bertz CT molecular complexity index is 7470. The van der Waals surface area contributed by atoms with Crippen LogP contribution in [0.25, 0.3) is 166 Å². The molecule has 2 aliphatic rings. The Morgan fingerprint density at radius 1 is 0.161 bits per heavy atom. The smallest absolute Gasteiger partial charge is 0.0546 e. The zero-order valence-corrected chi connectivity index (χ0v) is 69.8. The first-order valence-electron chi connectivity index (χ1n) is 43.3. The molecule has 0 unspecified atom stereocenters. The quantitative estimate of drug-likeness (QED) is 0.0896. The lowest BCUT2D eigenvalue weighted by molar-refractivity contribution is 0.662. The third-order valence-electron chi connectivity index (χ3n) is 26.3. The molecule has 124 heavy (non-hydrogen) atoms. The standard InChI is InChI=1S/C122H88N2/c1-121(2)112-53-25-23-44-107(112)110-52-28-51-105(119(110)121)88-63-72-96(73-64-88)124(115-56-30-50-103(86-38-15-8-16-39-86)117(115)109-46-22-20-43-100(109)84-34-11-6-12-35-84)95-70-61-87(62-71-95)98-48-27-41-92-80-93(67-76-101(92)98)104-77-78-106(120-118(104)111-47-24-26-54-113(111)122(120,3)4)89-65-74-97(75-66-89)123(94-68-59-82(60-69-94)91-58-57-81-31-17-18-40-90(81)79-91)114-55-29-49-102(85-36-13-7-14-37-85)116(114)108-45-21-19-42-99(108)83-32-9-5-10-33-83/h5-80H,1-4H3. The highest BCUT2D eigenvalue weighted by Crippen LogP contribution is 2.58. The van der Waals surface area contributed by atoms with Crippen LogP contribution in [-0.2, 0) is 10.8 Å². The highest BCUT2D eigenvalue weighted by Gasteiger charge is 2.41. The fourth-order valence-electron chi connectivity index (χ4n) is 20.5. The Morgan fingerprint density at radius 3 is 1.00 bits per heavy atom. The third kappa shape index (κ3) is 13.0. The molecule has 586 valence electrons. The number of benzene rings is 20. The summed E-state index contributed by atoms with van der Waals surface area (Å²) in [5, 5.41) is 4.84. The highest BCUT2D eigenvalue weighted by molar-refractivity contribution is 6.07. The maximum Gasteiger partial charge on any atom is 0.0546 e. The molecular formula is C122H88N2. The van der Waals surface area contributed by atoms with Gasteiger partial charge in [0, 0.05) is 44.7 Å². The Labute approximate surface area is 726 Å². The van der Waals surface area contributed by atoms with E-state index in [0.717, 1.165) is 89.8 Å². The predicted octanol–water partition coefficient (Wildman–Crippen LogP) is 33.9. The summed E-state index contributed by atoms with van der Waals surface area (Å²) in [6.07, 6.45) is 0. The van der Waals surface area contributed by atoms with E-state index in [-0.39, 0.29) is 10.8 Å². The van der Waals surface area contributed by atoms with Crippen molar-refractivity contribution in [3.63, 3.8) is 0 Å². The summed E-state index contributed by atoms with van der Waals surface area (Å²) < 4.78 is 0. The minimum atomic E-state index is -0.324. The topological polar surface area (TPSA) is 6.48 Å². The number of rotatable bonds is 17. The molecule has 2 aliphatic carbocycles. The molecule has 0 saturated heterocycles. The van der Waals surface area contributed by atoms with Crippen molar-refractivity contribution >= 4 is 55.7 Å². The highest BCUT2D eigenvalue weighted by atomic mass is 15.2. The average molecular weight is 1580 g/mol. The number of anilines is 6. The predicted molar refractivity (Wildman–Crippen MR) is 526 cm³/mol. The maximum atomic E-state index is 2.48. The van der Waals surface area contributed by atoms with Crippen molar-refractivity contribution in [1.82, 2.24) is 0 Å². The van der Waals surface area contributed by atoms with Crippen LogP contribution in [0.15, 0.2) is 461 Å². The lowest BCUT2D eigenvalue weighted by atomic mass is 9.78. The summed E-state index contributed by atoms with van der Waals surface area (Å²) in [7, 11) is 0. The molecule has 0 aliphatic heterocycles. The Kier molecular flexibility index (Phi) is 18.7. The van der Waals surface area contributed by atoms with Crippen molar-refractivity contribution in [2.45, 2.75) is 38.5 Å². The largest absolute Gasteiger partial charge is 0.310 e. The molecule has 22 rings (SSSR count).